The van der Waals surface area contributed by atoms with Gasteiger partial charge in [-0.15, -0.1) is 0 Å². The first kappa shape index (κ1) is 29.6. The lowest BCUT2D eigenvalue weighted by Gasteiger charge is -2.37. The maximum absolute atomic E-state index is 12.8. The molecule has 1 aliphatic rings. The Morgan fingerprint density at radius 3 is 2.46 bits per heavy atom. The first-order chi connectivity index (χ1) is 19.8. The molecular weight excluding hydrogens is 526 g/mol. The molecule has 0 unspecified atom stereocenters. The third kappa shape index (κ3) is 7.63. The predicted octanol–water partition coefficient (Wildman–Crippen LogP) is 1.95. The molecule has 2 N–H and O–H groups in total. The monoisotopic (exact) mass is 563 g/mol. The lowest BCUT2D eigenvalue weighted by atomic mass is 10.1. The molecule has 0 aliphatic carbocycles. The smallest absolute Gasteiger partial charge is 0.287 e. The predicted molar refractivity (Wildman–Crippen MR) is 157 cm³/mol. The number of nitrogens with one attached hydrogen (secondary N) is 2. The number of para-hydroxylation sites is 1. The van der Waals surface area contributed by atoms with E-state index in [1.54, 1.807) is 29.2 Å². The van der Waals surface area contributed by atoms with Crippen LogP contribution < -0.4 is 25.7 Å². The van der Waals surface area contributed by atoms with Crippen LogP contribution in [0, 0.1) is 0 Å². The Bertz CT molecular complexity index is 1440. The molecule has 2 aromatic carbocycles. The number of benzene rings is 2. The number of rotatable bonds is 11. The third-order valence-corrected chi connectivity index (χ3v) is 6.76. The Morgan fingerprint density at radius 1 is 0.976 bits per heavy atom. The molecule has 0 bridgehead atoms. The van der Waals surface area contributed by atoms with Crippen molar-refractivity contribution in [3.63, 3.8) is 0 Å². The topological polar surface area (TPSA) is 124 Å². The first-order valence-corrected chi connectivity index (χ1v) is 13.8. The number of fused-ring (bicyclic) bond motifs is 1. The average Bonchev–Trinajstić information content (AvgIpc) is 2.98. The summed E-state index contributed by atoms with van der Waals surface area (Å²) in [6.07, 6.45) is 0.838. The summed E-state index contributed by atoms with van der Waals surface area (Å²) in [5.41, 5.74) is 1.32. The minimum absolute atomic E-state index is 0.130. The van der Waals surface area contributed by atoms with E-state index >= 15 is 0 Å². The molecule has 11 nitrogen and oxygen atoms in total. The number of amides is 3. The lowest BCUT2D eigenvalue weighted by Crippen LogP contribution is -2.51. The van der Waals surface area contributed by atoms with Crippen LogP contribution in [0.2, 0.25) is 0 Å². The van der Waals surface area contributed by atoms with Crippen molar-refractivity contribution in [1.29, 1.82) is 0 Å². The summed E-state index contributed by atoms with van der Waals surface area (Å²) >= 11 is 0. The molecule has 0 atom stereocenters. The largest absolute Gasteiger partial charge is 0.494 e. The van der Waals surface area contributed by atoms with Gasteiger partial charge in [0.2, 0.25) is 5.91 Å². The van der Waals surface area contributed by atoms with Gasteiger partial charge < -0.3 is 34.5 Å². The molecule has 1 fully saturated rings. The van der Waals surface area contributed by atoms with Crippen molar-refractivity contribution in [1.82, 2.24) is 20.4 Å². The standard InChI is InChI=1S/C30H37N5O6/c1-4-17-40-21-9-10-26-23(18-21)25(36)19-27(41-26)30(39)32-20-28(37)35-15-13-34(14-16-35)24-8-6-5-7-22(24)29(38)31-11-12-33(2)3/h5-10,18-19H,4,11-17,20H2,1-3H3,(H,31,38)(H,32,39). The summed E-state index contributed by atoms with van der Waals surface area (Å²) in [5, 5.41) is 5.84. The van der Waals surface area contributed by atoms with E-state index in [1.807, 2.05) is 44.1 Å². The fraction of sp³-hybridized carbons (Fsp3) is 0.400. The van der Waals surface area contributed by atoms with Gasteiger partial charge in [-0.2, -0.15) is 0 Å². The molecule has 0 saturated carbocycles. The van der Waals surface area contributed by atoms with Gasteiger partial charge in [0, 0.05) is 51.0 Å². The number of anilines is 1. The molecule has 1 aliphatic heterocycles. The number of hydrogen-bond acceptors (Lipinski definition) is 8. The maximum atomic E-state index is 12.8. The van der Waals surface area contributed by atoms with Gasteiger partial charge in [-0.1, -0.05) is 19.1 Å². The minimum Gasteiger partial charge on any atom is -0.494 e. The van der Waals surface area contributed by atoms with Crippen LogP contribution in [-0.2, 0) is 4.79 Å². The highest BCUT2D eigenvalue weighted by molar-refractivity contribution is 6.00. The Hall–Kier alpha value is -4.38. The van der Waals surface area contributed by atoms with Crippen LogP contribution in [0.1, 0.15) is 34.3 Å². The van der Waals surface area contributed by atoms with Gasteiger partial charge in [0.05, 0.1) is 24.1 Å². The Labute approximate surface area is 239 Å². The van der Waals surface area contributed by atoms with Crippen LogP contribution in [0.25, 0.3) is 11.0 Å². The van der Waals surface area contributed by atoms with Crippen molar-refractivity contribution in [2.75, 3.05) is 71.4 Å². The van der Waals surface area contributed by atoms with Gasteiger partial charge in [-0.25, -0.2) is 0 Å². The molecule has 41 heavy (non-hydrogen) atoms. The summed E-state index contributed by atoms with van der Waals surface area (Å²) in [6, 6.07) is 13.4. The van der Waals surface area contributed by atoms with Crippen molar-refractivity contribution in [3.8, 4) is 5.75 Å². The number of hydrogen-bond donors (Lipinski definition) is 2. The molecule has 3 aromatic rings. The third-order valence-electron chi connectivity index (χ3n) is 6.76. The Kier molecular flexibility index (Phi) is 9.96. The second-order valence-electron chi connectivity index (χ2n) is 10.1. The molecule has 0 spiro atoms. The zero-order chi connectivity index (χ0) is 29.4. The van der Waals surface area contributed by atoms with Crippen molar-refractivity contribution < 1.29 is 23.5 Å². The molecule has 3 amide bonds. The molecule has 1 aromatic heterocycles. The zero-order valence-corrected chi connectivity index (χ0v) is 23.8. The van der Waals surface area contributed by atoms with Gasteiger partial charge in [0.15, 0.2) is 11.2 Å². The summed E-state index contributed by atoms with van der Waals surface area (Å²) < 4.78 is 11.2. The van der Waals surface area contributed by atoms with E-state index in [0.717, 1.165) is 24.7 Å². The lowest BCUT2D eigenvalue weighted by molar-refractivity contribution is -0.130. The van der Waals surface area contributed by atoms with Gasteiger partial charge in [-0.05, 0) is 50.8 Å². The van der Waals surface area contributed by atoms with E-state index in [-0.39, 0.29) is 35.1 Å². The van der Waals surface area contributed by atoms with Crippen molar-refractivity contribution in [3.05, 3.63) is 70.1 Å². The van der Waals surface area contributed by atoms with Crippen LogP contribution in [0.15, 0.2) is 57.7 Å². The molecule has 11 heteroatoms. The number of ether oxygens (including phenoxy) is 1. The minimum atomic E-state index is -0.642. The highest BCUT2D eigenvalue weighted by Crippen LogP contribution is 2.22. The first-order valence-electron chi connectivity index (χ1n) is 13.8. The summed E-state index contributed by atoms with van der Waals surface area (Å²) in [4.78, 5) is 56.7. The van der Waals surface area contributed by atoms with Crippen molar-refractivity contribution >= 4 is 34.4 Å². The molecule has 218 valence electrons. The summed E-state index contributed by atoms with van der Waals surface area (Å²) in [6.45, 7) is 5.56. The van der Waals surface area contributed by atoms with E-state index in [2.05, 4.69) is 15.5 Å². The van der Waals surface area contributed by atoms with E-state index in [4.69, 9.17) is 9.15 Å². The zero-order valence-electron chi connectivity index (χ0n) is 23.8. The summed E-state index contributed by atoms with van der Waals surface area (Å²) in [7, 11) is 3.90. The van der Waals surface area contributed by atoms with Gasteiger partial charge in [-0.3, -0.25) is 19.2 Å². The van der Waals surface area contributed by atoms with E-state index < -0.39 is 5.91 Å². The second-order valence-corrected chi connectivity index (χ2v) is 10.1. The Morgan fingerprint density at radius 2 is 1.73 bits per heavy atom. The van der Waals surface area contributed by atoms with Crippen molar-refractivity contribution in [2.45, 2.75) is 13.3 Å². The van der Waals surface area contributed by atoms with Crippen LogP contribution >= 0.6 is 0 Å². The van der Waals surface area contributed by atoms with Crippen LogP contribution in [0.4, 0.5) is 5.69 Å². The number of carbonyl (C=O) groups excluding carboxylic acids is 3. The Balaban J connectivity index is 1.31. The fourth-order valence-corrected chi connectivity index (χ4v) is 4.54. The van der Waals surface area contributed by atoms with Gasteiger partial charge >= 0.3 is 0 Å². The normalized spacial score (nSPS) is 13.4. The number of nitrogens with zero attached hydrogens (tertiary/aromatic N) is 3. The quantitative estimate of drug-likeness (QED) is 0.363. The fourth-order valence-electron chi connectivity index (χ4n) is 4.54. The highest BCUT2D eigenvalue weighted by atomic mass is 16.5. The molecule has 4 rings (SSSR count). The number of likely N-dealkylation sites (N-methyl/N-ethyl adjacent to an activating group) is 1. The number of carbonyl (C=O) groups is 3. The van der Waals surface area contributed by atoms with Crippen LogP contribution in [0.3, 0.4) is 0 Å². The van der Waals surface area contributed by atoms with Crippen molar-refractivity contribution in [2.24, 2.45) is 0 Å². The average molecular weight is 564 g/mol. The highest BCUT2D eigenvalue weighted by Gasteiger charge is 2.24. The molecule has 1 saturated heterocycles. The molecular formula is C30H37N5O6. The van der Waals surface area contributed by atoms with Gasteiger partial charge in [0.25, 0.3) is 11.8 Å². The van der Waals surface area contributed by atoms with E-state index in [9.17, 15) is 19.2 Å². The molecule has 0 radical (unpaired) electrons. The SMILES string of the molecule is CCCOc1ccc2oc(C(=O)NCC(=O)N3CCN(c4ccccc4C(=O)NCCN(C)C)CC3)cc(=O)c2c1. The summed E-state index contributed by atoms with van der Waals surface area (Å²) in [5.74, 6) is -0.622. The maximum Gasteiger partial charge on any atom is 0.287 e. The number of piperazine rings is 1. The van der Waals surface area contributed by atoms with E-state index in [1.165, 1.54) is 0 Å². The van der Waals surface area contributed by atoms with Gasteiger partial charge in [0.1, 0.15) is 11.3 Å². The van der Waals surface area contributed by atoms with Crippen LogP contribution in [-0.4, -0.2) is 94.0 Å². The van der Waals surface area contributed by atoms with Crippen LogP contribution in [0.5, 0.6) is 5.75 Å². The van der Waals surface area contributed by atoms with E-state index in [0.29, 0.717) is 56.0 Å². The second kappa shape index (κ2) is 13.8. The molecule has 2 heterocycles.